The minimum Gasteiger partial charge on any atom is -0.396 e. The fourth-order valence-corrected chi connectivity index (χ4v) is 1.54. The van der Waals surface area contributed by atoms with Gasteiger partial charge in [-0.2, -0.15) is 0 Å². The zero-order valence-corrected chi connectivity index (χ0v) is 7.36. The molecule has 1 saturated heterocycles. The molecule has 70 valence electrons. The Hall–Kier alpha value is -0.610. The molecule has 0 saturated carbocycles. The van der Waals surface area contributed by atoms with E-state index in [1.807, 2.05) is 11.8 Å². The summed E-state index contributed by atoms with van der Waals surface area (Å²) in [6, 6.07) is -0.193. The van der Waals surface area contributed by atoms with Crippen LogP contribution in [0.25, 0.3) is 0 Å². The van der Waals surface area contributed by atoms with Crippen LogP contribution in [0.1, 0.15) is 13.3 Å². The second-order valence-electron chi connectivity index (χ2n) is 3.41. The zero-order valence-electron chi connectivity index (χ0n) is 7.36. The van der Waals surface area contributed by atoms with E-state index < -0.39 is 0 Å². The maximum Gasteiger partial charge on any atom is 0.234 e. The molecule has 2 atom stereocenters. The van der Waals surface area contributed by atoms with Gasteiger partial charge in [-0.05, 0) is 25.8 Å². The third-order valence-corrected chi connectivity index (χ3v) is 2.53. The molecule has 0 spiro atoms. The number of aliphatic hydroxyl groups is 1. The number of amides is 1. The number of nitrogens with zero attached hydrogens (tertiary/aromatic N) is 1. The van der Waals surface area contributed by atoms with E-state index in [0.29, 0.717) is 5.92 Å². The molecule has 1 amide bonds. The van der Waals surface area contributed by atoms with Gasteiger partial charge in [0.05, 0.1) is 6.04 Å². The van der Waals surface area contributed by atoms with Crippen molar-refractivity contribution < 1.29 is 9.90 Å². The molecule has 1 rings (SSSR count). The predicted octanol–water partition coefficient (Wildman–Crippen LogP) is -0.826. The van der Waals surface area contributed by atoms with E-state index >= 15 is 0 Å². The summed E-state index contributed by atoms with van der Waals surface area (Å²) in [5, 5.41) is 8.86. The van der Waals surface area contributed by atoms with Crippen molar-refractivity contribution in [3.05, 3.63) is 0 Å². The molecule has 4 nitrogen and oxygen atoms in total. The number of hydrogen-bond acceptors (Lipinski definition) is 3. The number of aliphatic hydroxyl groups excluding tert-OH is 1. The molecule has 12 heavy (non-hydrogen) atoms. The van der Waals surface area contributed by atoms with E-state index in [1.54, 1.807) is 0 Å². The molecule has 1 fully saturated rings. The first-order valence-electron chi connectivity index (χ1n) is 4.29. The molecule has 0 aliphatic carbocycles. The Labute approximate surface area is 72.3 Å². The molecule has 0 bridgehead atoms. The zero-order chi connectivity index (χ0) is 9.14. The summed E-state index contributed by atoms with van der Waals surface area (Å²) in [6.07, 6.45) is 0.966. The van der Waals surface area contributed by atoms with Crippen LogP contribution in [0.3, 0.4) is 0 Å². The molecule has 4 heteroatoms. The molecular weight excluding hydrogens is 156 g/mol. The number of likely N-dealkylation sites (tertiary alicyclic amines) is 1. The van der Waals surface area contributed by atoms with Crippen LogP contribution < -0.4 is 5.73 Å². The largest absolute Gasteiger partial charge is 0.396 e. The molecule has 3 N–H and O–H groups in total. The van der Waals surface area contributed by atoms with Crippen LogP contribution in [-0.4, -0.2) is 41.7 Å². The molecule has 0 aromatic carbocycles. The maximum atomic E-state index is 10.8. The van der Waals surface area contributed by atoms with Crippen molar-refractivity contribution in [3.63, 3.8) is 0 Å². The van der Waals surface area contributed by atoms with Crippen LogP contribution >= 0.6 is 0 Å². The highest BCUT2D eigenvalue weighted by Crippen LogP contribution is 2.17. The Balaban J connectivity index is 2.41. The lowest BCUT2D eigenvalue weighted by atomic mass is 10.1. The van der Waals surface area contributed by atoms with Gasteiger partial charge >= 0.3 is 0 Å². The van der Waals surface area contributed by atoms with Gasteiger partial charge in [0.25, 0.3) is 0 Å². The number of primary amides is 1. The highest BCUT2D eigenvalue weighted by atomic mass is 16.3. The number of carbonyl (C=O) groups is 1. The van der Waals surface area contributed by atoms with E-state index in [0.717, 1.165) is 19.5 Å². The number of rotatable bonds is 3. The van der Waals surface area contributed by atoms with Gasteiger partial charge in [0.15, 0.2) is 0 Å². The van der Waals surface area contributed by atoms with E-state index in [2.05, 4.69) is 0 Å². The highest BCUT2D eigenvalue weighted by Gasteiger charge is 2.27. The summed E-state index contributed by atoms with van der Waals surface area (Å²) in [5.41, 5.74) is 5.16. The minimum absolute atomic E-state index is 0.193. The highest BCUT2D eigenvalue weighted by molar-refractivity contribution is 5.79. The van der Waals surface area contributed by atoms with Gasteiger partial charge in [-0.15, -0.1) is 0 Å². The number of nitrogens with two attached hydrogens (primary N) is 1. The second kappa shape index (κ2) is 3.87. The quantitative estimate of drug-likeness (QED) is 0.584. The van der Waals surface area contributed by atoms with Crippen LogP contribution in [0.15, 0.2) is 0 Å². The lowest BCUT2D eigenvalue weighted by Gasteiger charge is -2.20. The summed E-state index contributed by atoms with van der Waals surface area (Å²) in [4.78, 5) is 12.8. The second-order valence-corrected chi connectivity index (χ2v) is 3.41. The average molecular weight is 172 g/mol. The fraction of sp³-hybridized carbons (Fsp3) is 0.875. The van der Waals surface area contributed by atoms with Crippen LogP contribution in [-0.2, 0) is 4.79 Å². The standard InChI is InChI=1S/C8H16N2O2/c1-6(8(9)12)10-3-2-7(4-10)5-11/h6-7,11H,2-5H2,1H3,(H2,9,12)/t6?,7-/m1/s1. The summed E-state index contributed by atoms with van der Waals surface area (Å²) in [7, 11) is 0. The molecule has 1 unspecified atom stereocenters. The van der Waals surface area contributed by atoms with Gasteiger partial charge in [0.1, 0.15) is 0 Å². The van der Waals surface area contributed by atoms with E-state index in [4.69, 9.17) is 10.8 Å². The molecule has 0 aromatic rings. The third kappa shape index (κ3) is 1.95. The van der Waals surface area contributed by atoms with Crippen molar-refractivity contribution in [1.29, 1.82) is 0 Å². The van der Waals surface area contributed by atoms with Crippen LogP contribution in [0.5, 0.6) is 0 Å². The van der Waals surface area contributed by atoms with Crippen LogP contribution in [0, 0.1) is 5.92 Å². The van der Waals surface area contributed by atoms with Gasteiger partial charge in [-0.25, -0.2) is 0 Å². The molecule has 0 radical (unpaired) electrons. The maximum absolute atomic E-state index is 10.8. The summed E-state index contributed by atoms with van der Waals surface area (Å²) >= 11 is 0. The Morgan fingerprint density at radius 1 is 1.83 bits per heavy atom. The molecule has 1 aliphatic heterocycles. The topological polar surface area (TPSA) is 66.6 Å². The van der Waals surface area contributed by atoms with Crippen molar-refractivity contribution in [2.45, 2.75) is 19.4 Å². The van der Waals surface area contributed by atoms with E-state index in [1.165, 1.54) is 0 Å². The minimum atomic E-state index is -0.284. The SMILES string of the molecule is CC(C(N)=O)N1CC[C@@H](CO)C1. The van der Waals surface area contributed by atoms with E-state index in [-0.39, 0.29) is 18.6 Å². The van der Waals surface area contributed by atoms with Crippen molar-refractivity contribution in [1.82, 2.24) is 4.90 Å². The molecule has 1 aliphatic rings. The first-order chi connectivity index (χ1) is 5.65. The van der Waals surface area contributed by atoms with Gasteiger partial charge in [0.2, 0.25) is 5.91 Å². The lowest BCUT2D eigenvalue weighted by Crippen LogP contribution is -2.41. The Bertz CT molecular complexity index is 172. The normalized spacial score (nSPS) is 27.3. The van der Waals surface area contributed by atoms with Crippen molar-refractivity contribution in [2.75, 3.05) is 19.7 Å². The van der Waals surface area contributed by atoms with Crippen LogP contribution in [0.4, 0.5) is 0 Å². The van der Waals surface area contributed by atoms with Crippen molar-refractivity contribution >= 4 is 5.91 Å². The van der Waals surface area contributed by atoms with Gasteiger partial charge < -0.3 is 10.8 Å². The predicted molar refractivity (Wildman–Crippen MR) is 45.4 cm³/mol. The van der Waals surface area contributed by atoms with Gasteiger partial charge in [-0.3, -0.25) is 9.69 Å². The molecule has 1 heterocycles. The fourth-order valence-electron chi connectivity index (χ4n) is 1.54. The van der Waals surface area contributed by atoms with Gasteiger partial charge in [-0.1, -0.05) is 0 Å². The summed E-state index contributed by atoms with van der Waals surface area (Å²) in [5.74, 6) is 0.0420. The first-order valence-corrected chi connectivity index (χ1v) is 4.29. The Morgan fingerprint density at radius 2 is 2.50 bits per heavy atom. The van der Waals surface area contributed by atoms with Crippen LogP contribution in [0.2, 0.25) is 0 Å². The first kappa shape index (κ1) is 9.48. The average Bonchev–Trinajstić information content (AvgIpc) is 2.50. The monoisotopic (exact) mass is 172 g/mol. The molecular formula is C8H16N2O2. The summed E-state index contributed by atoms with van der Waals surface area (Å²) < 4.78 is 0. The Morgan fingerprint density at radius 3 is 2.92 bits per heavy atom. The molecule has 0 aromatic heterocycles. The van der Waals surface area contributed by atoms with E-state index in [9.17, 15) is 4.79 Å². The Kier molecular flexibility index (Phi) is 3.05. The third-order valence-electron chi connectivity index (χ3n) is 2.53. The smallest absolute Gasteiger partial charge is 0.234 e. The van der Waals surface area contributed by atoms with Crippen molar-refractivity contribution in [3.8, 4) is 0 Å². The lowest BCUT2D eigenvalue weighted by molar-refractivity contribution is -0.122. The summed E-state index contributed by atoms with van der Waals surface area (Å²) in [6.45, 7) is 3.68. The van der Waals surface area contributed by atoms with Crippen molar-refractivity contribution in [2.24, 2.45) is 11.7 Å². The van der Waals surface area contributed by atoms with Gasteiger partial charge in [0, 0.05) is 13.2 Å². The number of hydrogen-bond donors (Lipinski definition) is 2. The number of carbonyl (C=O) groups excluding carboxylic acids is 1.